The van der Waals surface area contributed by atoms with Crippen molar-refractivity contribution < 1.29 is 22.7 Å². The molecule has 134 valence electrons. The Balaban J connectivity index is 2.08. The van der Waals surface area contributed by atoms with Gasteiger partial charge in [0.2, 0.25) is 15.9 Å². The van der Waals surface area contributed by atoms with E-state index in [4.69, 9.17) is 14.6 Å². The maximum atomic E-state index is 12.1. The number of rotatable bonds is 7. The van der Waals surface area contributed by atoms with Crippen LogP contribution in [0.4, 0.5) is 5.69 Å². The predicted molar refractivity (Wildman–Crippen MR) is 94.3 cm³/mol. The van der Waals surface area contributed by atoms with Crippen LogP contribution in [0, 0.1) is 0 Å². The second-order valence-corrected chi connectivity index (χ2v) is 6.80. The maximum Gasteiger partial charge on any atom is 0.241 e. The van der Waals surface area contributed by atoms with E-state index < -0.39 is 10.0 Å². The fourth-order valence-corrected chi connectivity index (χ4v) is 3.08. The number of amides is 1. The van der Waals surface area contributed by atoms with Crippen LogP contribution >= 0.6 is 0 Å². The third-order valence-electron chi connectivity index (χ3n) is 3.57. The Morgan fingerprint density at radius 3 is 2.40 bits per heavy atom. The van der Waals surface area contributed by atoms with Gasteiger partial charge in [0.05, 0.1) is 14.2 Å². The van der Waals surface area contributed by atoms with Crippen LogP contribution in [-0.4, -0.2) is 28.5 Å². The van der Waals surface area contributed by atoms with Gasteiger partial charge in [-0.3, -0.25) is 4.79 Å². The van der Waals surface area contributed by atoms with Crippen molar-refractivity contribution in [2.45, 2.75) is 17.7 Å². The van der Waals surface area contributed by atoms with Crippen LogP contribution in [0.5, 0.6) is 11.5 Å². The number of primary sulfonamides is 1. The van der Waals surface area contributed by atoms with Gasteiger partial charge in [-0.1, -0.05) is 18.2 Å². The Bertz CT molecular complexity index is 865. The highest BCUT2D eigenvalue weighted by Gasteiger charge is 2.16. The van der Waals surface area contributed by atoms with Gasteiger partial charge in [0.25, 0.3) is 0 Å². The second kappa shape index (κ2) is 8.00. The standard InChI is InChI=1S/C17H20N2O5S/c1-23-14-6-4-3-5-12(14)7-10-17(20)19-13-8-9-15(24-2)16(11-13)25(18,21)22/h3-6,8-9,11H,7,10H2,1-2H3,(H,19,20)(H2,18,21,22). The zero-order chi connectivity index (χ0) is 18.4. The highest BCUT2D eigenvalue weighted by molar-refractivity contribution is 7.89. The molecule has 0 aromatic heterocycles. The number of para-hydroxylation sites is 1. The normalized spacial score (nSPS) is 11.0. The van der Waals surface area contributed by atoms with Crippen LogP contribution in [0.25, 0.3) is 0 Å². The molecule has 0 aliphatic carbocycles. The monoisotopic (exact) mass is 364 g/mol. The average Bonchev–Trinajstić information content (AvgIpc) is 2.59. The number of nitrogens with two attached hydrogens (primary N) is 1. The lowest BCUT2D eigenvalue weighted by molar-refractivity contribution is -0.116. The molecule has 0 radical (unpaired) electrons. The Morgan fingerprint density at radius 2 is 1.76 bits per heavy atom. The van der Waals surface area contributed by atoms with E-state index >= 15 is 0 Å². The molecule has 2 aromatic rings. The van der Waals surface area contributed by atoms with Gasteiger partial charge >= 0.3 is 0 Å². The first-order valence-electron chi connectivity index (χ1n) is 7.47. The summed E-state index contributed by atoms with van der Waals surface area (Å²) in [5.74, 6) is 0.585. The number of sulfonamides is 1. The van der Waals surface area contributed by atoms with Crippen LogP contribution in [0.1, 0.15) is 12.0 Å². The maximum absolute atomic E-state index is 12.1. The first kappa shape index (κ1) is 18.8. The predicted octanol–water partition coefficient (Wildman–Crippen LogP) is 1.92. The van der Waals surface area contributed by atoms with E-state index in [-0.39, 0.29) is 23.0 Å². The largest absolute Gasteiger partial charge is 0.496 e. The van der Waals surface area contributed by atoms with E-state index in [1.165, 1.54) is 19.2 Å². The molecule has 25 heavy (non-hydrogen) atoms. The van der Waals surface area contributed by atoms with Gasteiger partial charge < -0.3 is 14.8 Å². The molecule has 3 N–H and O–H groups in total. The molecule has 0 spiro atoms. The summed E-state index contributed by atoms with van der Waals surface area (Å²) >= 11 is 0. The minimum absolute atomic E-state index is 0.120. The third-order valence-corrected chi connectivity index (χ3v) is 4.50. The number of hydrogen-bond donors (Lipinski definition) is 2. The van der Waals surface area contributed by atoms with E-state index in [2.05, 4.69) is 5.32 Å². The van der Waals surface area contributed by atoms with Crippen LogP contribution in [0.15, 0.2) is 47.4 Å². The minimum Gasteiger partial charge on any atom is -0.496 e. The summed E-state index contributed by atoms with van der Waals surface area (Å²) in [6.07, 6.45) is 0.713. The molecule has 2 aromatic carbocycles. The minimum atomic E-state index is -3.96. The molecule has 0 saturated carbocycles. The number of hydrogen-bond acceptors (Lipinski definition) is 5. The van der Waals surface area contributed by atoms with E-state index in [0.717, 1.165) is 11.3 Å². The van der Waals surface area contributed by atoms with Crippen LogP contribution in [0.3, 0.4) is 0 Å². The molecule has 2 rings (SSSR count). The van der Waals surface area contributed by atoms with Gasteiger partial charge in [-0.15, -0.1) is 0 Å². The van der Waals surface area contributed by atoms with Crippen molar-refractivity contribution in [2.24, 2.45) is 5.14 Å². The molecule has 0 aliphatic rings. The lowest BCUT2D eigenvalue weighted by atomic mass is 10.1. The van der Waals surface area contributed by atoms with Crippen LogP contribution < -0.4 is 19.9 Å². The Kier molecular flexibility index (Phi) is 6.00. The molecule has 0 fully saturated rings. The average molecular weight is 364 g/mol. The van der Waals surface area contributed by atoms with Crippen molar-refractivity contribution in [1.29, 1.82) is 0 Å². The molecule has 0 saturated heterocycles. The fourth-order valence-electron chi connectivity index (χ4n) is 2.36. The number of methoxy groups -OCH3 is 2. The van der Waals surface area contributed by atoms with E-state index in [0.29, 0.717) is 12.1 Å². The Labute approximate surface area is 146 Å². The third kappa shape index (κ3) is 4.94. The highest BCUT2D eigenvalue weighted by Crippen LogP contribution is 2.26. The molecule has 0 atom stereocenters. The highest BCUT2D eigenvalue weighted by atomic mass is 32.2. The molecular weight excluding hydrogens is 344 g/mol. The lowest BCUT2D eigenvalue weighted by Gasteiger charge is -2.11. The smallest absolute Gasteiger partial charge is 0.241 e. The molecule has 0 unspecified atom stereocenters. The van der Waals surface area contributed by atoms with E-state index in [1.54, 1.807) is 13.2 Å². The molecule has 1 amide bonds. The summed E-state index contributed by atoms with van der Waals surface area (Å²) in [5.41, 5.74) is 1.25. The van der Waals surface area contributed by atoms with Gasteiger partial charge in [-0.2, -0.15) is 0 Å². The van der Waals surface area contributed by atoms with Crippen LogP contribution in [-0.2, 0) is 21.2 Å². The van der Waals surface area contributed by atoms with E-state index in [1.807, 2.05) is 24.3 Å². The summed E-state index contributed by atoms with van der Waals surface area (Å²) in [4.78, 5) is 12.0. The Morgan fingerprint density at radius 1 is 1.08 bits per heavy atom. The summed E-state index contributed by atoms with van der Waals surface area (Å²) < 4.78 is 33.4. The lowest BCUT2D eigenvalue weighted by Crippen LogP contribution is -2.16. The molecule has 8 heteroatoms. The number of carbonyl (C=O) groups excluding carboxylic acids is 1. The quantitative estimate of drug-likeness (QED) is 0.780. The zero-order valence-corrected chi connectivity index (χ0v) is 14.8. The molecule has 0 heterocycles. The number of anilines is 1. The van der Waals surface area contributed by atoms with Crippen molar-refractivity contribution in [3.63, 3.8) is 0 Å². The second-order valence-electron chi connectivity index (χ2n) is 5.27. The topological polar surface area (TPSA) is 108 Å². The number of benzene rings is 2. The molecule has 7 nitrogen and oxygen atoms in total. The van der Waals surface area contributed by atoms with Crippen molar-refractivity contribution in [3.05, 3.63) is 48.0 Å². The number of carbonyl (C=O) groups is 1. The van der Waals surface area contributed by atoms with E-state index in [9.17, 15) is 13.2 Å². The number of nitrogens with one attached hydrogen (secondary N) is 1. The molecule has 0 aliphatic heterocycles. The molecular formula is C17H20N2O5S. The van der Waals surface area contributed by atoms with Gasteiger partial charge in [0.15, 0.2) is 0 Å². The molecule has 0 bridgehead atoms. The van der Waals surface area contributed by atoms with Crippen molar-refractivity contribution in [2.75, 3.05) is 19.5 Å². The zero-order valence-electron chi connectivity index (χ0n) is 14.0. The van der Waals surface area contributed by atoms with Crippen molar-refractivity contribution in [3.8, 4) is 11.5 Å². The summed E-state index contributed by atoms with van der Waals surface area (Å²) in [7, 11) is -1.04. The number of aryl methyl sites for hydroxylation is 1. The van der Waals surface area contributed by atoms with Gasteiger partial charge in [-0.25, -0.2) is 13.6 Å². The Hall–Kier alpha value is -2.58. The van der Waals surface area contributed by atoms with Gasteiger partial charge in [-0.05, 0) is 36.2 Å². The SMILES string of the molecule is COc1ccccc1CCC(=O)Nc1ccc(OC)c(S(N)(=O)=O)c1. The summed E-state index contributed by atoms with van der Waals surface area (Å²) in [6.45, 7) is 0. The van der Waals surface area contributed by atoms with Gasteiger partial charge in [0, 0.05) is 12.1 Å². The van der Waals surface area contributed by atoms with Crippen molar-refractivity contribution >= 4 is 21.6 Å². The van der Waals surface area contributed by atoms with Crippen molar-refractivity contribution in [1.82, 2.24) is 0 Å². The number of ether oxygens (including phenoxy) is 2. The summed E-state index contributed by atoms with van der Waals surface area (Å²) in [5, 5.41) is 7.82. The first-order valence-corrected chi connectivity index (χ1v) is 9.02. The first-order chi connectivity index (χ1) is 11.8. The van der Waals surface area contributed by atoms with Gasteiger partial charge in [0.1, 0.15) is 16.4 Å². The van der Waals surface area contributed by atoms with Crippen LogP contribution in [0.2, 0.25) is 0 Å². The fraction of sp³-hybridized carbons (Fsp3) is 0.235. The summed E-state index contributed by atoms with van der Waals surface area (Å²) in [6, 6.07) is 11.7.